The van der Waals surface area contributed by atoms with E-state index in [0.717, 1.165) is 5.56 Å². The normalized spacial score (nSPS) is 13.4. The van der Waals surface area contributed by atoms with Crippen LogP contribution in [0.3, 0.4) is 0 Å². The van der Waals surface area contributed by atoms with E-state index in [9.17, 15) is 0 Å². The Bertz CT molecular complexity index is 364. The summed E-state index contributed by atoms with van der Waals surface area (Å²) in [6, 6.07) is 3.75. The molecule has 0 bridgehead atoms. The van der Waals surface area contributed by atoms with Crippen LogP contribution < -0.4 is 15.8 Å². The van der Waals surface area contributed by atoms with Crippen molar-refractivity contribution in [3.63, 3.8) is 0 Å². The Morgan fingerprint density at radius 3 is 2.94 bits per heavy atom. The van der Waals surface area contributed by atoms with E-state index in [1.54, 1.807) is 13.3 Å². The van der Waals surface area contributed by atoms with Gasteiger partial charge in [0.1, 0.15) is 5.84 Å². The Morgan fingerprint density at radius 2 is 2.41 bits per heavy atom. The lowest BCUT2D eigenvalue weighted by Crippen LogP contribution is -2.31. The number of nitrogens with zero attached hydrogens (tertiary/aromatic N) is 2. The van der Waals surface area contributed by atoms with Crippen molar-refractivity contribution < 1.29 is 9.94 Å². The summed E-state index contributed by atoms with van der Waals surface area (Å²) < 4.78 is 4.97. The molecule has 6 nitrogen and oxygen atoms in total. The molecule has 0 saturated carbocycles. The molecule has 1 unspecified atom stereocenters. The average Bonchev–Trinajstić information content (AvgIpc) is 2.38. The summed E-state index contributed by atoms with van der Waals surface area (Å²) >= 11 is 0. The van der Waals surface area contributed by atoms with Gasteiger partial charge in [0.05, 0.1) is 7.11 Å². The molecule has 0 fully saturated rings. The van der Waals surface area contributed by atoms with Crippen LogP contribution in [0.5, 0.6) is 5.88 Å². The Hall–Kier alpha value is -1.82. The van der Waals surface area contributed by atoms with Crippen LogP contribution in [0.4, 0.5) is 0 Å². The first-order valence-corrected chi connectivity index (χ1v) is 5.34. The molecule has 1 heterocycles. The summed E-state index contributed by atoms with van der Waals surface area (Å²) in [6.45, 7) is 3.20. The van der Waals surface area contributed by atoms with Gasteiger partial charge in [0.2, 0.25) is 5.88 Å². The van der Waals surface area contributed by atoms with Crippen molar-refractivity contribution in [3.05, 3.63) is 23.9 Å². The Balaban J connectivity index is 2.35. The molecule has 0 aliphatic rings. The largest absolute Gasteiger partial charge is 0.481 e. The van der Waals surface area contributed by atoms with Crippen molar-refractivity contribution in [3.8, 4) is 5.88 Å². The molecule has 1 aromatic rings. The molecule has 0 saturated heterocycles. The van der Waals surface area contributed by atoms with Gasteiger partial charge in [0.25, 0.3) is 0 Å². The molecule has 0 aliphatic carbocycles. The van der Waals surface area contributed by atoms with Crippen LogP contribution in [0.2, 0.25) is 0 Å². The minimum atomic E-state index is -0.00814. The monoisotopic (exact) mass is 238 g/mol. The molecule has 0 aliphatic heterocycles. The quantitative estimate of drug-likeness (QED) is 0.291. The van der Waals surface area contributed by atoms with E-state index < -0.39 is 0 Å². The van der Waals surface area contributed by atoms with Crippen LogP contribution in [0.15, 0.2) is 23.5 Å². The van der Waals surface area contributed by atoms with Gasteiger partial charge in [-0.25, -0.2) is 4.98 Å². The third-order valence-electron chi connectivity index (χ3n) is 2.41. The molecule has 94 valence electrons. The van der Waals surface area contributed by atoms with Gasteiger partial charge in [-0.3, -0.25) is 0 Å². The van der Waals surface area contributed by atoms with E-state index in [0.29, 0.717) is 19.0 Å². The van der Waals surface area contributed by atoms with Crippen molar-refractivity contribution in [1.82, 2.24) is 10.3 Å². The molecule has 1 atom stereocenters. The molecule has 17 heavy (non-hydrogen) atoms. The van der Waals surface area contributed by atoms with Crippen LogP contribution in [-0.4, -0.2) is 29.7 Å². The van der Waals surface area contributed by atoms with E-state index in [1.807, 2.05) is 19.1 Å². The standard InChI is InChI=1S/C11H18N4O2/c1-8(11(12)15-16)5-13-6-9-3-4-10(17-2)14-7-9/h3-4,7-8,13,16H,5-6H2,1-2H3,(H2,12,15). The van der Waals surface area contributed by atoms with Crippen LogP contribution in [-0.2, 0) is 6.54 Å². The third-order valence-corrected chi connectivity index (χ3v) is 2.41. The van der Waals surface area contributed by atoms with Gasteiger partial charge in [-0.1, -0.05) is 18.1 Å². The predicted octanol–water partition coefficient (Wildman–Crippen LogP) is 0.562. The number of amidine groups is 1. The smallest absolute Gasteiger partial charge is 0.212 e. The second-order valence-corrected chi connectivity index (χ2v) is 3.77. The number of hydrogen-bond donors (Lipinski definition) is 3. The SMILES string of the molecule is COc1ccc(CNCC(C)C(N)=NO)cn1. The topological polar surface area (TPSA) is 92.8 Å². The van der Waals surface area contributed by atoms with Gasteiger partial charge in [-0.05, 0) is 5.56 Å². The zero-order chi connectivity index (χ0) is 12.7. The van der Waals surface area contributed by atoms with Crippen molar-refractivity contribution in [1.29, 1.82) is 0 Å². The lowest BCUT2D eigenvalue weighted by molar-refractivity contribution is 0.314. The van der Waals surface area contributed by atoms with E-state index in [-0.39, 0.29) is 11.8 Å². The highest BCUT2D eigenvalue weighted by Gasteiger charge is 2.06. The molecule has 6 heteroatoms. The first-order valence-electron chi connectivity index (χ1n) is 5.34. The van der Waals surface area contributed by atoms with Gasteiger partial charge in [-0.2, -0.15) is 0 Å². The molecule has 1 aromatic heterocycles. The van der Waals surface area contributed by atoms with Crippen LogP contribution in [0.1, 0.15) is 12.5 Å². The number of pyridine rings is 1. The first-order chi connectivity index (χ1) is 8.17. The summed E-state index contributed by atoms with van der Waals surface area (Å²) in [5.74, 6) is 0.815. The molecule has 0 amide bonds. The zero-order valence-electron chi connectivity index (χ0n) is 10.1. The highest BCUT2D eigenvalue weighted by Crippen LogP contribution is 2.06. The number of methoxy groups -OCH3 is 1. The number of hydrogen-bond acceptors (Lipinski definition) is 5. The predicted molar refractivity (Wildman–Crippen MR) is 65.1 cm³/mol. The van der Waals surface area contributed by atoms with Crippen molar-refractivity contribution in [2.45, 2.75) is 13.5 Å². The molecule has 0 spiro atoms. The van der Waals surface area contributed by atoms with Crippen molar-refractivity contribution >= 4 is 5.84 Å². The van der Waals surface area contributed by atoms with Crippen LogP contribution in [0.25, 0.3) is 0 Å². The van der Waals surface area contributed by atoms with E-state index in [2.05, 4.69) is 15.5 Å². The summed E-state index contributed by atoms with van der Waals surface area (Å²) in [5, 5.41) is 14.7. The summed E-state index contributed by atoms with van der Waals surface area (Å²) in [7, 11) is 1.58. The molecule has 0 aromatic carbocycles. The van der Waals surface area contributed by atoms with Gasteiger partial charge in [0, 0.05) is 31.3 Å². The summed E-state index contributed by atoms with van der Waals surface area (Å²) in [5.41, 5.74) is 6.52. The van der Waals surface area contributed by atoms with E-state index in [4.69, 9.17) is 15.7 Å². The van der Waals surface area contributed by atoms with E-state index >= 15 is 0 Å². The minimum absolute atomic E-state index is 0.00814. The molecule has 1 rings (SSSR count). The van der Waals surface area contributed by atoms with Gasteiger partial charge in [0.15, 0.2) is 0 Å². The number of nitrogens with two attached hydrogens (primary N) is 1. The lowest BCUT2D eigenvalue weighted by atomic mass is 10.1. The van der Waals surface area contributed by atoms with Crippen LogP contribution >= 0.6 is 0 Å². The second kappa shape index (κ2) is 6.70. The lowest BCUT2D eigenvalue weighted by Gasteiger charge is -2.10. The van der Waals surface area contributed by atoms with E-state index in [1.165, 1.54) is 0 Å². The summed E-state index contributed by atoms with van der Waals surface area (Å²) in [6.07, 6.45) is 1.75. The van der Waals surface area contributed by atoms with Crippen molar-refractivity contribution in [2.24, 2.45) is 16.8 Å². The minimum Gasteiger partial charge on any atom is -0.481 e. The maximum Gasteiger partial charge on any atom is 0.212 e. The molecular weight excluding hydrogens is 220 g/mol. The maximum atomic E-state index is 8.49. The van der Waals surface area contributed by atoms with Gasteiger partial charge < -0.3 is 21.0 Å². The maximum absolute atomic E-state index is 8.49. The van der Waals surface area contributed by atoms with Gasteiger partial charge >= 0.3 is 0 Å². The fourth-order valence-electron chi connectivity index (χ4n) is 1.27. The van der Waals surface area contributed by atoms with Gasteiger partial charge in [-0.15, -0.1) is 0 Å². The van der Waals surface area contributed by atoms with Crippen molar-refractivity contribution in [2.75, 3.05) is 13.7 Å². The number of rotatable bonds is 6. The number of nitrogens with one attached hydrogen (secondary N) is 1. The highest BCUT2D eigenvalue weighted by molar-refractivity contribution is 5.82. The third kappa shape index (κ3) is 4.28. The highest BCUT2D eigenvalue weighted by atomic mass is 16.5. The molecular formula is C11H18N4O2. The fourth-order valence-corrected chi connectivity index (χ4v) is 1.27. The zero-order valence-corrected chi connectivity index (χ0v) is 10.1. The second-order valence-electron chi connectivity index (χ2n) is 3.77. The molecule has 0 radical (unpaired) electrons. The molecule has 4 N–H and O–H groups in total. The van der Waals surface area contributed by atoms with Crippen LogP contribution in [0, 0.1) is 5.92 Å². The average molecular weight is 238 g/mol. The Kier molecular flexibility index (Phi) is 5.22. The first kappa shape index (κ1) is 13.2. The number of oxime groups is 1. The Morgan fingerprint density at radius 1 is 1.65 bits per heavy atom. The number of ether oxygens (including phenoxy) is 1. The number of aromatic nitrogens is 1. The summed E-state index contributed by atoms with van der Waals surface area (Å²) in [4.78, 5) is 4.10. The fraction of sp³-hybridized carbons (Fsp3) is 0.455. The Labute approximate surface area is 100 Å².